The number of methoxy groups -OCH3 is 1. The van der Waals surface area contributed by atoms with Crippen LogP contribution in [0.4, 0.5) is 5.69 Å². The van der Waals surface area contributed by atoms with E-state index in [9.17, 15) is 0 Å². The minimum Gasteiger partial charge on any atom is -0.497 e. The van der Waals surface area contributed by atoms with Gasteiger partial charge in [-0.1, -0.05) is 28.1 Å². The number of anilines is 1. The van der Waals surface area contributed by atoms with E-state index in [0.717, 1.165) is 28.0 Å². The third-order valence-corrected chi connectivity index (χ3v) is 4.01. The molecular formula is C16H19BrN2O. The van der Waals surface area contributed by atoms with E-state index in [1.165, 1.54) is 5.56 Å². The Morgan fingerprint density at radius 2 is 1.85 bits per heavy atom. The lowest BCUT2D eigenvalue weighted by molar-refractivity contribution is 0.415. The SMILES string of the molecule is COc1ccc(N(C)Cc2ccc(CN)cc2Br)cc1. The van der Waals surface area contributed by atoms with Gasteiger partial charge in [0, 0.05) is 30.3 Å². The molecule has 4 heteroatoms. The Hall–Kier alpha value is -1.52. The number of nitrogens with zero attached hydrogens (tertiary/aromatic N) is 1. The van der Waals surface area contributed by atoms with E-state index in [0.29, 0.717) is 6.54 Å². The van der Waals surface area contributed by atoms with E-state index < -0.39 is 0 Å². The summed E-state index contributed by atoms with van der Waals surface area (Å²) in [4.78, 5) is 2.20. The Bertz CT molecular complexity index is 569. The highest BCUT2D eigenvalue weighted by molar-refractivity contribution is 9.10. The van der Waals surface area contributed by atoms with Crippen LogP contribution in [0.15, 0.2) is 46.9 Å². The molecule has 0 aromatic heterocycles. The molecule has 0 spiro atoms. The molecule has 0 aliphatic rings. The molecule has 0 heterocycles. The van der Waals surface area contributed by atoms with Crippen LogP contribution in [0.3, 0.4) is 0 Å². The van der Waals surface area contributed by atoms with Crippen molar-refractivity contribution in [2.75, 3.05) is 19.1 Å². The van der Waals surface area contributed by atoms with Crippen LogP contribution in [0, 0.1) is 0 Å². The summed E-state index contributed by atoms with van der Waals surface area (Å²) in [6.45, 7) is 1.39. The van der Waals surface area contributed by atoms with Gasteiger partial charge in [0.15, 0.2) is 0 Å². The molecule has 0 atom stereocenters. The predicted octanol–water partition coefficient (Wildman–Crippen LogP) is 3.55. The van der Waals surface area contributed by atoms with Crippen LogP contribution in [0.25, 0.3) is 0 Å². The van der Waals surface area contributed by atoms with Gasteiger partial charge in [-0.3, -0.25) is 0 Å². The van der Waals surface area contributed by atoms with Gasteiger partial charge in [0.05, 0.1) is 7.11 Å². The number of rotatable bonds is 5. The first-order valence-electron chi connectivity index (χ1n) is 6.46. The van der Waals surface area contributed by atoms with Crippen LogP contribution in [0.2, 0.25) is 0 Å². The Balaban J connectivity index is 2.12. The van der Waals surface area contributed by atoms with E-state index in [2.05, 4.69) is 58.2 Å². The van der Waals surface area contributed by atoms with Crippen molar-refractivity contribution in [3.63, 3.8) is 0 Å². The second-order valence-corrected chi connectivity index (χ2v) is 5.54. The summed E-state index contributed by atoms with van der Waals surface area (Å²) in [6.07, 6.45) is 0. The third kappa shape index (κ3) is 3.52. The lowest BCUT2D eigenvalue weighted by Crippen LogP contribution is -2.16. The summed E-state index contributed by atoms with van der Waals surface area (Å²) < 4.78 is 6.27. The van der Waals surface area contributed by atoms with Crippen molar-refractivity contribution < 1.29 is 4.74 Å². The van der Waals surface area contributed by atoms with Gasteiger partial charge in [0.1, 0.15) is 5.75 Å². The van der Waals surface area contributed by atoms with Crippen molar-refractivity contribution in [1.82, 2.24) is 0 Å². The Labute approximate surface area is 128 Å². The highest BCUT2D eigenvalue weighted by atomic mass is 79.9. The zero-order chi connectivity index (χ0) is 14.5. The van der Waals surface area contributed by atoms with Gasteiger partial charge < -0.3 is 15.4 Å². The molecule has 0 saturated heterocycles. The van der Waals surface area contributed by atoms with Crippen molar-refractivity contribution in [3.8, 4) is 5.75 Å². The Morgan fingerprint density at radius 1 is 1.15 bits per heavy atom. The Morgan fingerprint density at radius 3 is 2.40 bits per heavy atom. The molecule has 0 unspecified atom stereocenters. The van der Waals surface area contributed by atoms with Crippen LogP contribution in [0.5, 0.6) is 5.75 Å². The van der Waals surface area contributed by atoms with Gasteiger partial charge in [-0.05, 0) is 41.5 Å². The molecule has 0 radical (unpaired) electrons. The van der Waals surface area contributed by atoms with E-state index in [1.54, 1.807) is 7.11 Å². The highest BCUT2D eigenvalue weighted by Gasteiger charge is 2.06. The number of nitrogens with two attached hydrogens (primary N) is 1. The number of halogens is 1. The fourth-order valence-corrected chi connectivity index (χ4v) is 2.58. The number of hydrogen-bond donors (Lipinski definition) is 1. The van der Waals surface area contributed by atoms with Crippen LogP contribution < -0.4 is 15.4 Å². The lowest BCUT2D eigenvalue weighted by atomic mass is 10.1. The van der Waals surface area contributed by atoms with Crippen molar-refractivity contribution in [2.24, 2.45) is 5.73 Å². The van der Waals surface area contributed by atoms with Crippen molar-refractivity contribution in [2.45, 2.75) is 13.1 Å². The third-order valence-electron chi connectivity index (χ3n) is 3.27. The summed E-state index contributed by atoms with van der Waals surface area (Å²) >= 11 is 3.61. The fraction of sp³-hybridized carbons (Fsp3) is 0.250. The molecular weight excluding hydrogens is 316 g/mol. The number of ether oxygens (including phenoxy) is 1. The minimum absolute atomic E-state index is 0.563. The standard InChI is InChI=1S/C16H19BrN2O/c1-19(14-5-7-15(20-2)8-6-14)11-13-4-3-12(10-18)9-16(13)17/h3-9H,10-11,18H2,1-2H3. The Kier molecular flexibility index (Phi) is 5.04. The smallest absolute Gasteiger partial charge is 0.119 e. The van der Waals surface area contributed by atoms with Crippen molar-refractivity contribution in [3.05, 3.63) is 58.1 Å². The maximum Gasteiger partial charge on any atom is 0.119 e. The van der Waals surface area contributed by atoms with E-state index >= 15 is 0 Å². The average Bonchev–Trinajstić information content (AvgIpc) is 2.49. The molecule has 0 bridgehead atoms. The topological polar surface area (TPSA) is 38.5 Å². The normalized spacial score (nSPS) is 10.4. The average molecular weight is 335 g/mol. The molecule has 0 aliphatic carbocycles. The summed E-state index contributed by atoms with van der Waals surface area (Å²) in [5, 5.41) is 0. The molecule has 2 rings (SSSR count). The van der Waals surface area contributed by atoms with Crippen LogP contribution in [-0.4, -0.2) is 14.2 Å². The van der Waals surface area contributed by atoms with Crippen LogP contribution in [-0.2, 0) is 13.1 Å². The zero-order valence-corrected chi connectivity index (χ0v) is 13.4. The first-order valence-corrected chi connectivity index (χ1v) is 7.26. The molecule has 0 fully saturated rings. The second-order valence-electron chi connectivity index (χ2n) is 4.68. The highest BCUT2D eigenvalue weighted by Crippen LogP contribution is 2.24. The zero-order valence-electron chi connectivity index (χ0n) is 11.8. The van der Waals surface area contributed by atoms with Gasteiger partial charge in [-0.15, -0.1) is 0 Å². The quantitative estimate of drug-likeness (QED) is 0.908. The molecule has 3 nitrogen and oxygen atoms in total. The predicted molar refractivity (Wildman–Crippen MR) is 87.1 cm³/mol. The molecule has 2 N–H and O–H groups in total. The van der Waals surface area contributed by atoms with Gasteiger partial charge in [-0.25, -0.2) is 0 Å². The lowest BCUT2D eigenvalue weighted by Gasteiger charge is -2.20. The molecule has 20 heavy (non-hydrogen) atoms. The first kappa shape index (κ1) is 14.9. The largest absolute Gasteiger partial charge is 0.497 e. The molecule has 2 aromatic rings. The van der Waals surface area contributed by atoms with Crippen LogP contribution in [0.1, 0.15) is 11.1 Å². The molecule has 0 aliphatic heterocycles. The van der Waals surface area contributed by atoms with Gasteiger partial charge in [0.25, 0.3) is 0 Å². The van der Waals surface area contributed by atoms with Crippen LogP contribution >= 0.6 is 15.9 Å². The second kappa shape index (κ2) is 6.77. The minimum atomic E-state index is 0.563. The summed E-state index contributed by atoms with van der Waals surface area (Å²) in [6, 6.07) is 14.3. The summed E-state index contributed by atoms with van der Waals surface area (Å²) in [5.41, 5.74) is 9.17. The monoisotopic (exact) mass is 334 g/mol. The van der Waals surface area contributed by atoms with Gasteiger partial charge >= 0.3 is 0 Å². The summed E-state index contributed by atoms with van der Waals surface area (Å²) in [5.74, 6) is 0.871. The van der Waals surface area contributed by atoms with E-state index in [-0.39, 0.29) is 0 Å². The molecule has 2 aromatic carbocycles. The summed E-state index contributed by atoms with van der Waals surface area (Å²) in [7, 11) is 3.75. The van der Waals surface area contributed by atoms with E-state index in [4.69, 9.17) is 10.5 Å². The van der Waals surface area contributed by atoms with Gasteiger partial charge in [-0.2, -0.15) is 0 Å². The van der Waals surface area contributed by atoms with Crippen molar-refractivity contribution in [1.29, 1.82) is 0 Å². The maximum atomic E-state index is 5.65. The molecule has 0 amide bonds. The fourth-order valence-electron chi connectivity index (χ4n) is 2.03. The molecule has 0 saturated carbocycles. The molecule has 106 valence electrons. The van der Waals surface area contributed by atoms with E-state index in [1.807, 2.05) is 12.1 Å². The van der Waals surface area contributed by atoms with Gasteiger partial charge in [0.2, 0.25) is 0 Å². The first-order chi connectivity index (χ1) is 9.63. The number of benzene rings is 2. The maximum absolute atomic E-state index is 5.65. The number of hydrogen-bond acceptors (Lipinski definition) is 3. The van der Waals surface area contributed by atoms with Crippen molar-refractivity contribution >= 4 is 21.6 Å².